The fourth-order valence-corrected chi connectivity index (χ4v) is 2.98. The average molecular weight is 270 g/mol. The molecule has 1 saturated heterocycles. The number of aromatic nitrogens is 1. The first-order valence-electron chi connectivity index (χ1n) is 7.36. The highest BCUT2D eigenvalue weighted by Crippen LogP contribution is 2.27. The Morgan fingerprint density at radius 1 is 1.30 bits per heavy atom. The summed E-state index contributed by atoms with van der Waals surface area (Å²) in [5.41, 5.74) is 8.72. The van der Waals surface area contributed by atoms with E-state index in [9.17, 15) is 0 Å². The van der Waals surface area contributed by atoms with E-state index in [-0.39, 0.29) is 0 Å². The quantitative estimate of drug-likeness (QED) is 0.839. The number of hydrogen-bond donors (Lipinski definition) is 2. The molecule has 4 nitrogen and oxygen atoms in total. The van der Waals surface area contributed by atoms with E-state index in [0.717, 1.165) is 28.8 Å². The number of hydrogen-bond acceptors (Lipinski definition) is 4. The van der Waals surface area contributed by atoms with Gasteiger partial charge in [-0.05, 0) is 57.1 Å². The molecule has 3 rings (SSSR count). The van der Waals surface area contributed by atoms with Gasteiger partial charge in [0.15, 0.2) is 0 Å². The second-order valence-corrected chi connectivity index (χ2v) is 5.66. The zero-order valence-corrected chi connectivity index (χ0v) is 12.0. The molecule has 1 aliphatic heterocycles. The minimum Gasteiger partial charge on any atom is -0.397 e. The number of pyridine rings is 1. The summed E-state index contributed by atoms with van der Waals surface area (Å²) in [4.78, 5) is 6.90. The van der Waals surface area contributed by atoms with Crippen molar-refractivity contribution in [3.63, 3.8) is 0 Å². The van der Waals surface area contributed by atoms with Gasteiger partial charge in [-0.25, -0.2) is 0 Å². The van der Waals surface area contributed by atoms with Crippen molar-refractivity contribution in [1.29, 1.82) is 0 Å². The minimum atomic E-state index is 0.417. The van der Waals surface area contributed by atoms with Crippen LogP contribution in [0.15, 0.2) is 30.5 Å². The van der Waals surface area contributed by atoms with Gasteiger partial charge in [-0.1, -0.05) is 0 Å². The van der Waals surface area contributed by atoms with Crippen molar-refractivity contribution in [2.75, 3.05) is 30.7 Å². The highest BCUT2D eigenvalue weighted by Gasteiger charge is 2.15. The number of nitrogens with two attached hydrogens (primary N) is 1. The van der Waals surface area contributed by atoms with Gasteiger partial charge in [0.1, 0.15) is 0 Å². The number of rotatable bonds is 4. The Bertz CT molecular complexity index is 590. The maximum absolute atomic E-state index is 5.99. The van der Waals surface area contributed by atoms with Crippen molar-refractivity contribution in [2.24, 2.45) is 0 Å². The van der Waals surface area contributed by atoms with Crippen LogP contribution in [-0.4, -0.2) is 35.6 Å². The van der Waals surface area contributed by atoms with Crippen LogP contribution >= 0.6 is 0 Å². The summed E-state index contributed by atoms with van der Waals surface area (Å²) < 4.78 is 0. The number of likely N-dealkylation sites (tertiary alicyclic amines) is 1. The molecule has 4 heteroatoms. The number of nitrogens with one attached hydrogen (secondary N) is 1. The summed E-state index contributed by atoms with van der Waals surface area (Å²) in [7, 11) is 0. The summed E-state index contributed by atoms with van der Waals surface area (Å²) in [6, 6.07) is 8.43. The van der Waals surface area contributed by atoms with Crippen LogP contribution in [0.5, 0.6) is 0 Å². The molecule has 2 aromatic rings. The normalized spacial score (nSPS) is 17.4. The van der Waals surface area contributed by atoms with Crippen molar-refractivity contribution >= 4 is 22.3 Å². The van der Waals surface area contributed by atoms with Gasteiger partial charge < -0.3 is 16.0 Å². The third-order valence-corrected chi connectivity index (χ3v) is 3.93. The van der Waals surface area contributed by atoms with Crippen molar-refractivity contribution in [3.05, 3.63) is 30.5 Å². The van der Waals surface area contributed by atoms with Gasteiger partial charge in [-0.3, -0.25) is 4.98 Å². The highest BCUT2D eigenvalue weighted by molar-refractivity contribution is 5.98. The molecule has 1 atom stereocenters. The van der Waals surface area contributed by atoms with E-state index in [1.807, 2.05) is 12.1 Å². The van der Waals surface area contributed by atoms with E-state index in [4.69, 9.17) is 5.73 Å². The Kier molecular flexibility index (Phi) is 3.74. The van der Waals surface area contributed by atoms with Gasteiger partial charge in [0.05, 0.1) is 11.2 Å². The summed E-state index contributed by atoms with van der Waals surface area (Å²) in [5, 5.41) is 4.70. The molecule has 1 aromatic carbocycles. The molecule has 0 radical (unpaired) electrons. The van der Waals surface area contributed by atoms with Crippen molar-refractivity contribution in [2.45, 2.75) is 25.8 Å². The van der Waals surface area contributed by atoms with Gasteiger partial charge >= 0.3 is 0 Å². The third-order valence-electron chi connectivity index (χ3n) is 3.93. The lowest BCUT2D eigenvalue weighted by atomic mass is 10.1. The maximum Gasteiger partial charge on any atom is 0.0951 e. The number of nitrogen functional groups attached to an aromatic ring is 1. The molecule has 0 aliphatic carbocycles. The van der Waals surface area contributed by atoms with Crippen LogP contribution in [0.4, 0.5) is 11.4 Å². The molecule has 0 amide bonds. The smallest absolute Gasteiger partial charge is 0.0951 e. The van der Waals surface area contributed by atoms with E-state index in [2.05, 4.69) is 34.3 Å². The first-order chi connectivity index (χ1) is 9.74. The Morgan fingerprint density at radius 3 is 2.90 bits per heavy atom. The van der Waals surface area contributed by atoms with E-state index in [1.165, 1.54) is 25.9 Å². The van der Waals surface area contributed by atoms with Crippen LogP contribution in [0.2, 0.25) is 0 Å². The number of benzene rings is 1. The molecule has 0 spiro atoms. The third kappa shape index (κ3) is 2.70. The lowest BCUT2D eigenvalue weighted by molar-refractivity contribution is 0.328. The van der Waals surface area contributed by atoms with E-state index < -0.39 is 0 Å². The average Bonchev–Trinajstić information content (AvgIpc) is 2.95. The van der Waals surface area contributed by atoms with Gasteiger partial charge in [-0.15, -0.1) is 0 Å². The largest absolute Gasteiger partial charge is 0.397 e. The Labute approximate surface area is 120 Å². The molecule has 1 fully saturated rings. The minimum absolute atomic E-state index is 0.417. The van der Waals surface area contributed by atoms with Crippen LogP contribution in [0, 0.1) is 0 Å². The summed E-state index contributed by atoms with van der Waals surface area (Å²) in [6.45, 7) is 5.79. The van der Waals surface area contributed by atoms with Crippen LogP contribution in [0.1, 0.15) is 19.8 Å². The molecule has 20 heavy (non-hydrogen) atoms. The molecular formula is C16H22N4. The van der Waals surface area contributed by atoms with Crippen LogP contribution in [0.25, 0.3) is 10.9 Å². The molecule has 0 saturated carbocycles. The van der Waals surface area contributed by atoms with Crippen LogP contribution < -0.4 is 11.1 Å². The molecule has 3 N–H and O–H groups in total. The van der Waals surface area contributed by atoms with E-state index in [1.54, 1.807) is 6.20 Å². The second kappa shape index (κ2) is 5.67. The molecular weight excluding hydrogens is 248 g/mol. The van der Waals surface area contributed by atoms with E-state index >= 15 is 0 Å². The monoisotopic (exact) mass is 270 g/mol. The Hall–Kier alpha value is -1.81. The highest BCUT2D eigenvalue weighted by atomic mass is 15.2. The number of anilines is 2. The lowest BCUT2D eigenvalue weighted by Gasteiger charge is -2.22. The predicted octanol–water partition coefficient (Wildman–Crippen LogP) is 2.71. The van der Waals surface area contributed by atoms with Crippen molar-refractivity contribution in [1.82, 2.24) is 9.88 Å². The standard InChI is InChI=1S/C16H22N4/c1-12(11-20-9-2-3-10-20)19-15-7-6-14(17)16-13(15)5-4-8-18-16/h4-8,12,19H,2-3,9-11,17H2,1H3. The SMILES string of the molecule is CC(CN1CCCC1)Nc1ccc(N)c2ncccc12. The predicted molar refractivity (Wildman–Crippen MR) is 84.9 cm³/mol. The Morgan fingerprint density at radius 2 is 2.10 bits per heavy atom. The molecule has 1 unspecified atom stereocenters. The second-order valence-electron chi connectivity index (χ2n) is 5.66. The van der Waals surface area contributed by atoms with E-state index in [0.29, 0.717) is 6.04 Å². The van der Waals surface area contributed by atoms with Crippen molar-refractivity contribution < 1.29 is 0 Å². The topological polar surface area (TPSA) is 54.2 Å². The fraction of sp³-hybridized carbons (Fsp3) is 0.438. The van der Waals surface area contributed by atoms with Crippen LogP contribution in [-0.2, 0) is 0 Å². The maximum atomic E-state index is 5.99. The summed E-state index contributed by atoms with van der Waals surface area (Å²) in [5.74, 6) is 0. The molecule has 0 bridgehead atoms. The Balaban J connectivity index is 1.78. The van der Waals surface area contributed by atoms with Gasteiger partial charge in [-0.2, -0.15) is 0 Å². The van der Waals surface area contributed by atoms with Gasteiger partial charge in [0, 0.05) is 29.9 Å². The zero-order chi connectivity index (χ0) is 13.9. The lowest BCUT2D eigenvalue weighted by Crippen LogP contribution is -2.33. The summed E-state index contributed by atoms with van der Waals surface area (Å²) >= 11 is 0. The fourth-order valence-electron chi connectivity index (χ4n) is 2.98. The van der Waals surface area contributed by atoms with Gasteiger partial charge in [0.25, 0.3) is 0 Å². The number of fused-ring (bicyclic) bond motifs is 1. The molecule has 106 valence electrons. The van der Waals surface area contributed by atoms with Gasteiger partial charge in [0.2, 0.25) is 0 Å². The number of nitrogens with zero attached hydrogens (tertiary/aromatic N) is 2. The summed E-state index contributed by atoms with van der Waals surface area (Å²) in [6.07, 6.45) is 4.46. The molecule has 1 aliphatic rings. The first-order valence-corrected chi connectivity index (χ1v) is 7.36. The molecule has 2 heterocycles. The van der Waals surface area contributed by atoms with Crippen LogP contribution in [0.3, 0.4) is 0 Å². The first kappa shape index (κ1) is 13.2. The zero-order valence-electron chi connectivity index (χ0n) is 12.0. The molecule has 1 aromatic heterocycles. The van der Waals surface area contributed by atoms with Crippen molar-refractivity contribution in [3.8, 4) is 0 Å².